The molecule has 25 heavy (non-hydrogen) atoms. The second-order valence-corrected chi connectivity index (χ2v) is 7.71. The lowest BCUT2D eigenvalue weighted by Crippen LogP contribution is -2.38. The number of hydrogen-bond acceptors (Lipinski definition) is 3. The molecule has 132 valence electrons. The van der Waals surface area contributed by atoms with E-state index >= 15 is 0 Å². The highest BCUT2D eigenvalue weighted by atomic mass is 16.4. The van der Waals surface area contributed by atoms with E-state index in [1.54, 1.807) is 0 Å². The van der Waals surface area contributed by atoms with Gasteiger partial charge < -0.3 is 9.32 Å². The minimum Gasteiger partial charge on any atom is -0.445 e. The van der Waals surface area contributed by atoms with Gasteiger partial charge in [0.1, 0.15) is 11.5 Å². The van der Waals surface area contributed by atoms with Crippen molar-refractivity contribution in [2.75, 3.05) is 6.54 Å². The van der Waals surface area contributed by atoms with Crippen molar-refractivity contribution >= 4 is 5.91 Å². The minimum atomic E-state index is 0.0186. The Hall–Kier alpha value is -2.10. The van der Waals surface area contributed by atoms with E-state index < -0.39 is 0 Å². The summed E-state index contributed by atoms with van der Waals surface area (Å²) in [5, 5.41) is 0. The Morgan fingerprint density at radius 2 is 2.16 bits per heavy atom. The number of fused-ring (bicyclic) bond motifs is 2. The Balaban J connectivity index is 1.46. The maximum atomic E-state index is 13.1. The fourth-order valence-corrected chi connectivity index (χ4v) is 3.99. The number of rotatable bonds is 4. The summed E-state index contributed by atoms with van der Waals surface area (Å²) in [6.45, 7) is 5.76. The number of aryl methyl sites for hydroxylation is 2. The fraction of sp³-hybridized carbons (Fsp3) is 0.524. The minimum absolute atomic E-state index is 0.0186. The van der Waals surface area contributed by atoms with Crippen molar-refractivity contribution in [2.45, 2.75) is 58.4 Å². The molecule has 4 nitrogen and oxygen atoms in total. The van der Waals surface area contributed by atoms with E-state index in [1.807, 2.05) is 11.0 Å². The highest BCUT2D eigenvalue weighted by Gasteiger charge is 2.34. The fourth-order valence-electron chi connectivity index (χ4n) is 3.99. The van der Waals surface area contributed by atoms with E-state index in [4.69, 9.17) is 4.42 Å². The maximum Gasteiger partial charge on any atom is 0.230 e. The van der Waals surface area contributed by atoms with E-state index in [-0.39, 0.29) is 11.8 Å². The Morgan fingerprint density at radius 1 is 1.32 bits per heavy atom. The SMILES string of the molecule is CC(C)CCc1nc2c(o1)CCN(C(=O)C1CCc3ccccc31)C2. The molecule has 4 rings (SSSR count). The van der Waals surface area contributed by atoms with Crippen molar-refractivity contribution in [1.29, 1.82) is 0 Å². The van der Waals surface area contributed by atoms with Gasteiger partial charge in [0.05, 0.1) is 12.5 Å². The molecule has 1 aliphatic heterocycles. The van der Waals surface area contributed by atoms with Crippen LogP contribution in [0.5, 0.6) is 0 Å². The van der Waals surface area contributed by atoms with Crippen molar-refractivity contribution in [2.24, 2.45) is 5.92 Å². The number of amides is 1. The van der Waals surface area contributed by atoms with Gasteiger partial charge in [-0.1, -0.05) is 38.1 Å². The quantitative estimate of drug-likeness (QED) is 0.850. The van der Waals surface area contributed by atoms with Gasteiger partial charge in [-0.3, -0.25) is 4.79 Å². The van der Waals surface area contributed by atoms with E-state index in [9.17, 15) is 4.79 Å². The predicted molar refractivity (Wildman–Crippen MR) is 96.3 cm³/mol. The van der Waals surface area contributed by atoms with Crippen molar-refractivity contribution in [3.8, 4) is 0 Å². The number of nitrogens with zero attached hydrogens (tertiary/aromatic N) is 2. The molecule has 2 aromatic rings. The van der Waals surface area contributed by atoms with Crippen LogP contribution in [0, 0.1) is 5.92 Å². The highest BCUT2D eigenvalue weighted by molar-refractivity contribution is 5.85. The molecule has 2 heterocycles. The molecule has 0 saturated heterocycles. The molecule has 2 aliphatic rings. The maximum absolute atomic E-state index is 13.1. The summed E-state index contributed by atoms with van der Waals surface area (Å²) in [5.41, 5.74) is 3.51. The molecule has 1 atom stereocenters. The van der Waals surface area contributed by atoms with Crippen LogP contribution in [0.3, 0.4) is 0 Å². The molecule has 1 aromatic carbocycles. The number of carbonyl (C=O) groups excluding carboxylic acids is 1. The summed E-state index contributed by atoms with van der Waals surface area (Å²) >= 11 is 0. The molecular formula is C21H26N2O2. The number of oxazole rings is 1. The molecule has 0 spiro atoms. The summed E-state index contributed by atoms with van der Waals surface area (Å²) in [5.74, 6) is 2.73. The lowest BCUT2D eigenvalue weighted by Gasteiger charge is -2.28. The summed E-state index contributed by atoms with van der Waals surface area (Å²) in [6, 6.07) is 8.36. The van der Waals surface area contributed by atoms with Gasteiger partial charge in [-0.05, 0) is 36.3 Å². The van der Waals surface area contributed by atoms with Gasteiger partial charge >= 0.3 is 0 Å². The Morgan fingerprint density at radius 3 is 3.00 bits per heavy atom. The molecule has 0 radical (unpaired) electrons. The van der Waals surface area contributed by atoms with Gasteiger partial charge in [-0.25, -0.2) is 4.98 Å². The predicted octanol–water partition coefficient (Wildman–Crippen LogP) is 3.88. The van der Waals surface area contributed by atoms with Crippen LogP contribution in [-0.2, 0) is 30.6 Å². The van der Waals surface area contributed by atoms with Crippen molar-refractivity contribution < 1.29 is 9.21 Å². The van der Waals surface area contributed by atoms with Crippen LogP contribution in [-0.4, -0.2) is 22.3 Å². The summed E-state index contributed by atoms with van der Waals surface area (Å²) in [7, 11) is 0. The molecular weight excluding hydrogens is 312 g/mol. The third-order valence-electron chi connectivity index (χ3n) is 5.45. The molecule has 0 bridgehead atoms. The first-order valence-electron chi connectivity index (χ1n) is 9.46. The molecule has 4 heteroatoms. The van der Waals surface area contributed by atoms with Crippen LogP contribution in [0.2, 0.25) is 0 Å². The largest absolute Gasteiger partial charge is 0.445 e. The van der Waals surface area contributed by atoms with Crippen molar-refractivity contribution in [1.82, 2.24) is 9.88 Å². The number of benzene rings is 1. The molecule has 1 aliphatic carbocycles. The number of aromatic nitrogens is 1. The van der Waals surface area contributed by atoms with Crippen LogP contribution in [0.25, 0.3) is 0 Å². The molecule has 0 saturated carbocycles. The Labute approximate surface area is 149 Å². The van der Waals surface area contributed by atoms with Gasteiger partial charge in [0.15, 0.2) is 5.89 Å². The van der Waals surface area contributed by atoms with Crippen LogP contribution in [0.1, 0.15) is 61.1 Å². The monoisotopic (exact) mass is 338 g/mol. The topological polar surface area (TPSA) is 46.3 Å². The second kappa shape index (κ2) is 6.66. The molecule has 1 aromatic heterocycles. The van der Waals surface area contributed by atoms with Gasteiger partial charge in [-0.2, -0.15) is 0 Å². The normalized spacial score (nSPS) is 19.2. The smallest absolute Gasteiger partial charge is 0.230 e. The van der Waals surface area contributed by atoms with Gasteiger partial charge in [-0.15, -0.1) is 0 Å². The highest BCUT2D eigenvalue weighted by Crippen LogP contribution is 2.35. The van der Waals surface area contributed by atoms with Crippen LogP contribution >= 0.6 is 0 Å². The second-order valence-electron chi connectivity index (χ2n) is 7.71. The van der Waals surface area contributed by atoms with Crippen LogP contribution < -0.4 is 0 Å². The standard InChI is InChI=1S/C21H26N2O2/c1-14(2)7-10-20-22-18-13-23(12-11-19(18)25-20)21(24)17-9-8-15-5-3-4-6-16(15)17/h3-6,14,17H,7-13H2,1-2H3. The zero-order valence-electron chi connectivity index (χ0n) is 15.1. The Kier molecular flexibility index (Phi) is 4.36. The van der Waals surface area contributed by atoms with Crippen LogP contribution in [0.15, 0.2) is 28.7 Å². The van der Waals surface area contributed by atoms with Crippen molar-refractivity contribution in [3.63, 3.8) is 0 Å². The molecule has 1 amide bonds. The van der Waals surface area contributed by atoms with Gasteiger partial charge in [0, 0.05) is 19.4 Å². The Bertz CT molecular complexity index is 778. The zero-order chi connectivity index (χ0) is 17.4. The third kappa shape index (κ3) is 3.22. The third-order valence-corrected chi connectivity index (χ3v) is 5.45. The number of carbonyl (C=O) groups is 1. The summed E-state index contributed by atoms with van der Waals surface area (Å²) < 4.78 is 5.92. The first kappa shape index (κ1) is 16.4. The average Bonchev–Trinajstić information content (AvgIpc) is 3.22. The zero-order valence-corrected chi connectivity index (χ0v) is 15.1. The lowest BCUT2D eigenvalue weighted by molar-refractivity contribution is -0.133. The van der Waals surface area contributed by atoms with Gasteiger partial charge in [0.25, 0.3) is 0 Å². The molecule has 0 N–H and O–H groups in total. The first-order valence-corrected chi connectivity index (χ1v) is 9.46. The molecule has 1 unspecified atom stereocenters. The summed E-state index contributed by atoms with van der Waals surface area (Å²) in [6.07, 6.45) is 4.69. The van der Waals surface area contributed by atoms with Crippen molar-refractivity contribution in [3.05, 3.63) is 52.7 Å². The first-order chi connectivity index (χ1) is 12.1. The van der Waals surface area contributed by atoms with E-state index in [1.165, 1.54) is 11.1 Å². The van der Waals surface area contributed by atoms with E-state index in [0.29, 0.717) is 12.5 Å². The van der Waals surface area contributed by atoms with E-state index in [0.717, 1.165) is 56.0 Å². The number of hydrogen-bond donors (Lipinski definition) is 0. The molecule has 0 fully saturated rings. The van der Waals surface area contributed by atoms with E-state index in [2.05, 4.69) is 37.0 Å². The van der Waals surface area contributed by atoms with Crippen LogP contribution in [0.4, 0.5) is 0 Å². The van der Waals surface area contributed by atoms with Gasteiger partial charge in [0.2, 0.25) is 5.91 Å². The lowest BCUT2D eigenvalue weighted by atomic mass is 9.99. The summed E-state index contributed by atoms with van der Waals surface area (Å²) in [4.78, 5) is 19.7. The average molecular weight is 338 g/mol.